The van der Waals surface area contributed by atoms with E-state index >= 15 is 0 Å². The van der Waals surface area contributed by atoms with Crippen molar-refractivity contribution in [1.29, 1.82) is 0 Å². The number of rotatable bonds is 4. The molecule has 28 heavy (non-hydrogen) atoms. The summed E-state index contributed by atoms with van der Waals surface area (Å²) in [7, 11) is 1.67. The van der Waals surface area contributed by atoms with Crippen molar-refractivity contribution in [3.63, 3.8) is 0 Å². The Hall–Kier alpha value is -2.28. The predicted molar refractivity (Wildman–Crippen MR) is 111 cm³/mol. The third-order valence-corrected chi connectivity index (χ3v) is 5.81. The highest BCUT2D eigenvalue weighted by Crippen LogP contribution is 2.28. The lowest BCUT2D eigenvalue weighted by Crippen LogP contribution is -2.51. The average Bonchev–Trinajstić information content (AvgIpc) is 3.24. The molecule has 2 N–H and O–H groups in total. The minimum absolute atomic E-state index is 0.0376. The second-order valence-electron chi connectivity index (χ2n) is 7.17. The van der Waals surface area contributed by atoms with Crippen LogP contribution >= 0.6 is 11.6 Å². The molecule has 2 atom stereocenters. The highest BCUT2D eigenvalue weighted by atomic mass is 35.5. The zero-order chi connectivity index (χ0) is 19.5. The smallest absolute Gasteiger partial charge is 0.229 e. The molecule has 2 aromatic carbocycles. The van der Waals surface area contributed by atoms with E-state index in [2.05, 4.69) is 27.9 Å². The van der Waals surface area contributed by atoms with E-state index in [4.69, 9.17) is 16.3 Å². The van der Waals surface area contributed by atoms with Crippen LogP contribution < -0.4 is 20.5 Å². The van der Waals surface area contributed by atoms with E-state index < -0.39 is 0 Å². The molecule has 2 aliphatic rings. The van der Waals surface area contributed by atoms with E-state index in [1.807, 2.05) is 41.3 Å². The van der Waals surface area contributed by atoms with Crippen LogP contribution in [0, 0.1) is 5.92 Å². The van der Waals surface area contributed by atoms with Gasteiger partial charge in [0.25, 0.3) is 0 Å². The first-order valence-corrected chi connectivity index (χ1v) is 9.95. The van der Waals surface area contributed by atoms with Gasteiger partial charge in [-0.2, -0.15) is 0 Å². The van der Waals surface area contributed by atoms with Gasteiger partial charge in [-0.3, -0.25) is 10.2 Å². The number of ether oxygens (including phenoxy) is 1. The monoisotopic (exact) mass is 400 g/mol. The molecule has 2 aromatic rings. The molecule has 0 spiro atoms. The van der Waals surface area contributed by atoms with E-state index in [0.29, 0.717) is 11.6 Å². The highest BCUT2D eigenvalue weighted by Gasteiger charge is 2.37. The molecule has 0 saturated carbocycles. The number of nitrogens with one attached hydrogen (secondary N) is 2. The summed E-state index contributed by atoms with van der Waals surface area (Å²) in [6.45, 7) is 3.75. The van der Waals surface area contributed by atoms with Crippen LogP contribution in [0.2, 0.25) is 5.02 Å². The fourth-order valence-electron chi connectivity index (χ4n) is 3.93. The Morgan fingerprint density at radius 3 is 2.36 bits per heavy atom. The summed E-state index contributed by atoms with van der Waals surface area (Å²) in [5.74, 6) is 0.938. The van der Waals surface area contributed by atoms with Crippen LogP contribution in [0.4, 0.5) is 5.69 Å². The lowest BCUT2D eigenvalue weighted by molar-refractivity contribution is -0.135. The molecule has 6 nitrogen and oxygen atoms in total. The molecule has 0 aromatic heterocycles. The first-order valence-electron chi connectivity index (χ1n) is 9.57. The van der Waals surface area contributed by atoms with Crippen molar-refractivity contribution in [3.05, 3.63) is 59.1 Å². The topological polar surface area (TPSA) is 56.8 Å². The van der Waals surface area contributed by atoms with E-state index in [9.17, 15) is 4.79 Å². The Morgan fingerprint density at radius 2 is 1.71 bits per heavy atom. The first kappa shape index (κ1) is 19.1. The molecular formula is C21H25ClN4O2. The van der Waals surface area contributed by atoms with Gasteiger partial charge in [0.1, 0.15) is 5.75 Å². The Morgan fingerprint density at radius 1 is 1.04 bits per heavy atom. The molecule has 0 radical (unpaired) electrons. The SMILES string of the molecule is COc1ccc(N2CCN(C(=O)C3CNNC3c3ccc(Cl)cc3)CC2)cc1. The van der Waals surface area contributed by atoms with E-state index in [0.717, 1.165) is 43.2 Å². The number of hydrogen-bond donors (Lipinski definition) is 2. The third kappa shape index (κ3) is 3.94. The summed E-state index contributed by atoms with van der Waals surface area (Å²) in [6.07, 6.45) is 0. The standard InChI is InChI=1S/C21H25ClN4O2/c1-28-18-8-6-17(7-9-18)25-10-12-26(13-11-25)21(27)19-14-23-24-20(19)15-2-4-16(22)5-3-15/h2-9,19-20,23-24H,10-14H2,1H3. The molecular weight excluding hydrogens is 376 g/mol. The van der Waals surface area contributed by atoms with Crippen molar-refractivity contribution < 1.29 is 9.53 Å². The quantitative estimate of drug-likeness (QED) is 0.825. The van der Waals surface area contributed by atoms with Gasteiger partial charge >= 0.3 is 0 Å². The maximum atomic E-state index is 13.2. The summed E-state index contributed by atoms with van der Waals surface area (Å²) < 4.78 is 5.22. The van der Waals surface area contributed by atoms with Gasteiger partial charge in [-0.1, -0.05) is 23.7 Å². The van der Waals surface area contributed by atoms with Gasteiger partial charge in [0, 0.05) is 43.4 Å². The van der Waals surface area contributed by atoms with Crippen molar-refractivity contribution in [2.45, 2.75) is 6.04 Å². The number of hydrogen-bond acceptors (Lipinski definition) is 5. The minimum Gasteiger partial charge on any atom is -0.497 e. The lowest BCUT2D eigenvalue weighted by Gasteiger charge is -2.37. The van der Waals surface area contributed by atoms with E-state index in [1.54, 1.807) is 7.11 Å². The van der Waals surface area contributed by atoms with Crippen LogP contribution in [0.25, 0.3) is 0 Å². The molecule has 2 aliphatic heterocycles. The maximum absolute atomic E-state index is 13.2. The van der Waals surface area contributed by atoms with Gasteiger partial charge in [0.05, 0.1) is 19.1 Å². The number of hydrazine groups is 1. The van der Waals surface area contributed by atoms with Gasteiger partial charge in [0.15, 0.2) is 0 Å². The number of anilines is 1. The number of amides is 1. The molecule has 4 rings (SSSR count). The van der Waals surface area contributed by atoms with Gasteiger partial charge in [-0.05, 0) is 42.0 Å². The lowest BCUT2D eigenvalue weighted by atomic mass is 9.93. The number of carbonyl (C=O) groups excluding carboxylic acids is 1. The zero-order valence-corrected chi connectivity index (χ0v) is 16.7. The van der Waals surface area contributed by atoms with Crippen molar-refractivity contribution >= 4 is 23.2 Å². The van der Waals surface area contributed by atoms with Crippen molar-refractivity contribution in [3.8, 4) is 5.75 Å². The van der Waals surface area contributed by atoms with Crippen LogP contribution in [0.15, 0.2) is 48.5 Å². The Labute approximate surface area is 170 Å². The van der Waals surface area contributed by atoms with Gasteiger partial charge in [-0.15, -0.1) is 0 Å². The van der Waals surface area contributed by atoms with Crippen LogP contribution in [-0.2, 0) is 4.79 Å². The second-order valence-corrected chi connectivity index (χ2v) is 7.61. The van der Waals surface area contributed by atoms with Crippen LogP contribution in [-0.4, -0.2) is 50.6 Å². The zero-order valence-electron chi connectivity index (χ0n) is 15.9. The highest BCUT2D eigenvalue weighted by molar-refractivity contribution is 6.30. The summed E-state index contributed by atoms with van der Waals surface area (Å²) in [5.41, 5.74) is 8.63. The van der Waals surface area contributed by atoms with E-state index in [-0.39, 0.29) is 17.9 Å². The maximum Gasteiger partial charge on any atom is 0.229 e. The average molecular weight is 401 g/mol. The number of methoxy groups -OCH3 is 1. The van der Waals surface area contributed by atoms with Gasteiger partial charge in [0.2, 0.25) is 5.91 Å². The summed E-state index contributed by atoms with van der Waals surface area (Å²) in [4.78, 5) is 17.5. The molecule has 148 valence electrons. The minimum atomic E-state index is -0.117. The van der Waals surface area contributed by atoms with Gasteiger partial charge in [-0.25, -0.2) is 5.43 Å². The molecule has 2 fully saturated rings. The predicted octanol–water partition coefficient (Wildman–Crippen LogP) is 2.46. The summed E-state index contributed by atoms with van der Waals surface area (Å²) in [5, 5.41) is 0.701. The van der Waals surface area contributed by atoms with Crippen molar-refractivity contribution in [1.82, 2.24) is 15.8 Å². The molecule has 2 unspecified atom stereocenters. The van der Waals surface area contributed by atoms with Crippen LogP contribution in [0.1, 0.15) is 11.6 Å². The Balaban J connectivity index is 1.38. The molecule has 2 heterocycles. The Kier molecular flexibility index (Phi) is 5.71. The van der Waals surface area contributed by atoms with E-state index in [1.165, 1.54) is 0 Å². The molecule has 7 heteroatoms. The number of benzene rings is 2. The first-order chi connectivity index (χ1) is 13.7. The number of halogens is 1. The Bertz CT molecular complexity index is 804. The number of nitrogens with zero attached hydrogens (tertiary/aromatic N) is 2. The van der Waals surface area contributed by atoms with Crippen LogP contribution in [0.5, 0.6) is 5.75 Å². The largest absolute Gasteiger partial charge is 0.497 e. The number of piperazine rings is 1. The molecule has 0 aliphatic carbocycles. The van der Waals surface area contributed by atoms with Crippen LogP contribution in [0.3, 0.4) is 0 Å². The van der Waals surface area contributed by atoms with Crippen molar-refractivity contribution in [2.75, 3.05) is 44.7 Å². The summed E-state index contributed by atoms with van der Waals surface area (Å²) in [6, 6.07) is 15.7. The molecule has 0 bridgehead atoms. The fraction of sp³-hybridized carbons (Fsp3) is 0.381. The number of carbonyl (C=O) groups is 1. The normalized spacial score (nSPS) is 22.4. The van der Waals surface area contributed by atoms with Gasteiger partial charge < -0.3 is 14.5 Å². The molecule has 1 amide bonds. The third-order valence-electron chi connectivity index (χ3n) is 5.56. The molecule has 2 saturated heterocycles. The van der Waals surface area contributed by atoms with Crippen molar-refractivity contribution in [2.24, 2.45) is 5.92 Å². The summed E-state index contributed by atoms with van der Waals surface area (Å²) >= 11 is 6.00. The fourth-order valence-corrected chi connectivity index (χ4v) is 4.05. The second kappa shape index (κ2) is 8.39.